The predicted molar refractivity (Wildman–Crippen MR) is 130 cm³/mol. The quantitative estimate of drug-likeness (QED) is 0.366. The summed E-state index contributed by atoms with van der Waals surface area (Å²) in [4.78, 5) is 12.6. The van der Waals surface area contributed by atoms with Gasteiger partial charge < -0.3 is 11.1 Å². The van der Waals surface area contributed by atoms with Crippen molar-refractivity contribution in [3.63, 3.8) is 0 Å². The molecule has 0 bridgehead atoms. The molecule has 0 aliphatic carbocycles. The molecule has 3 N–H and O–H groups in total. The van der Waals surface area contributed by atoms with Crippen LogP contribution in [0.1, 0.15) is 15.9 Å². The van der Waals surface area contributed by atoms with Crippen LogP contribution in [0.25, 0.3) is 22.2 Å². The Labute approximate surface area is 186 Å². The molecule has 0 aliphatic rings. The van der Waals surface area contributed by atoms with E-state index in [0.29, 0.717) is 23.5 Å². The highest BCUT2D eigenvalue weighted by atomic mass is 16.1. The summed E-state index contributed by atoms with van der Waals surface area (Å²) >= 11 is 0. The molecule has 0 fully saturated rings. The third-order valence-corrected chi connectivity index (χ3v) is 5.46. The number of hydrogen-bond acceptors (Lipinski definition) is 3. The van der Waals surface area contributed by atoms with Crippen molar-refractivity contribution in [3.8, 4) is 11.3 Å². The molecule has 0 spiro atoms. The predicted octanol–water partition coefficient (Wildman–Crippen LogP) is 5.59. The van der Waals surface area contributed by atoms with Crippen molar-refractivity contribution in [2.45, 2.75) is 6.54 Å². The zero-order chi connectivity index (χ0) is 21.9. The highest BCUT2D eigenvalue weighted by Crippen LogP contribution is 2.28. The molecule has 1 aromatic heterocycles. The number of rotatable bonds is 5. The summed E-state index contributed by atoms with van der Waals surface area (Å²) in [5.41, 5.74) is 11.8. The van der Waals surface area contributed by atoms with Gasteiger partial charge in [-0.25, -0.2) is 0 Å². The summed E-state index contributed by atoms with van der Waals surface area (Å²) in [7, 11) is 0. The SMILES string of the molecule is Nc1ccccc1NC(=O)c1ccc(Cn2nc(-c3ccccc3)c3ccccc32)cc1. The molecule has 5 aromatic rings. The number of carbonyl (C=O) groups excluding carboxylic acids is 1. The molecule has 1 amide bonds. The first-order chi connectivity index (χ1) is 15.7. The van der Waals surface area contributed by atoms with E-state index in [2.05, 4.69) is 29.6 Å². The van der Waals surface area contributed by atoms with Gasteiger partial charge in [-0.05, 0) is 35.9 Å². The van der Waals surface area contributed by atoms with E-state index in [1.54, 1.807) is 12.1 Å². The third-order valence-electron chi connectivity index (χ3n) is 5.46. The van der Waals surface area contributed by atoms with Gasteiger partial charge in [-0.15, -0.1) is 0 Å². The van der Waals surface area contributed by atoms with Crippen LogP contribution in [0.5, 0.6) is 0 Å². The lowest BCUT2D eigenvalue weighted by molar-refractivity contribution is 0.102. The lowest BCUT2D eigenvalue weighted by atomic mass is 10.1. The largest absolute Gasteiger partial charge is 0.397 e. The summed E-state index contributed by atoms with van der Waals surface area (Å²) in [5, 5.41) is 8.88. The van der Waals surface area contributed by atoms with E-state index in [-0.39, 0.29) is 5.91 Å². The van der Waals surface area contributed by atoms with E-state index in [0.717, 1.165) is 27.7 Å². The lowest BCUT2D eigenvalue weighted by Gasteiger charge is -2.09. The molecule has 4 aromatic carbocycles. The molecule has 5 nitrogen and oxygen atoms in total. The van der Waals surface area contributed by atoms with Crippen LogP contribution >= 0.6 is 0 Å². The van der Waals surface area contributed by atoms with E-state index in [1.807, 2.05) is 71.4 Å². The summed E-state index contributed by atoms with van der Waals surface area (Å²) in [6.45, 7) is 0.612. The number of nitrogens with two attached hydrogens (primary N) is 1. The van der Waals surface area contributed by atoms with Gasteiger partial charge in [0.15, 0.2) is 0 Å². The van der Waals surface area contributed by atoms with Gasteiger partial charge in [-0.1, -0.05) is 72.8 Å². The van der Waals surface area contributed by atoms with Crippen LogP contribution in [0.2, 0.25) is 0 Å². The number of anilines is 2. The number of amides is 1. The van der Waals surface area contributed by atoms with E-state index >= 15 is 0 Å². The molecular weight excluding hydrogens is 396 g/mol. The van der Waals surface area contributed by atoms with Gasteiger partial charge in [-0.3, -0.25) is 9.48 Å². The summed E-state index contributed by atoms with van der Waals surface area (Å²) < 4.78 is 2.01. The van der Waals surface area contributed by atoms with Crippen molar-refractivity contribution in [3.05, 3.63) is 114 Å². The number of nitrogens with zero attached hydrogens (tertiary/aromatic N) is 2. The minimum atomic E-state index is -0.189. The molecule has 5 rings (SSSR count). The number of carbonyl (C=O) groups is 1. The maximum absolute atomic E-state index is 12.6. The van der Waals surface area contributed by atoms with Crippen LogP contribution in [-0.2, 0) is 6.54 Å². The topological polar surface area (TPSA) is 72.9 Å². The monoisotopic (exact) mass is 418 g/mol. The number of nitrogen functional groups attached to an aromatic ring is 1. The van der Waals surface area contributed by atoms with Crippen LogP contribution < -0.4 is 11.1 Å². The first kappa shape index (κ1) is 19.6. The van der Waals surface area contributed by atoms with Crippen LogP contribution in [0.3, 0.4) is 0 Å². The van der Waals surface area contributed by atoms with Gasteiger partial charge in [0.1, 0.15) is 5.69 Å². The Balaban J connectivity index is 1.39. The Morgan fingerprint density at radius 1 is 0.812 bits per heavy atom. The number of para-hydroxylation sites is 3. The molecular formula is C27H22N4O. The normalized spacial score (nSPS) is 10.9. The van der Waals surface area contributed by atoms with E-state index < -0.39 is 0 Å². The fourth-order valence-corrected chi connectivity index (χ4v) is 3.80. The van der Waals surface area contributed by atoms with Crippen LogP contribution in [-0.4, -0.2) is 15.7 Å². The molecule has 156 valence electrons. The fourth-order valence-electron chi connectivity index (χ4n) is 3.80. The second kappa shape index (κ2) is 8.40. The molecule has 1 heterocycles. The Morgan fingerprint density at radius 2 is 1.50 bits per heavy atom. The number of benzene rings is 4. The minimum absolute atomic E-state index is 0.189. The first-order valence-corrected chi connectivity index (χ1v) is 10.4. The maximum atomic E-state index is 12.6. The van der Waals surface area contributed by atoms with Gasteiger partial charge in [-0.2, -0.15) is 5.10 Å². The standard InChI is InChI=1S/C27H22N4O/c28-23-11-5-6-12-24(23)29-27(32)21-16-14-19(15-17-21)18-31-25-13-7-4-10-22(25)26(30-31)20-8-2-1-3-9-20/h1-17H,18,28H2,(H,29,32). The Bertz CT molecular complexity index is 1390. The number of aromatic nitrogens is 2. The molecule has 0 saturated carbocycles. The highest BCUT2D eigenvalue weighted by Gasteiger charge is 2.13. The summed E-state index contributed by atoms with van der Waals surface area (Å²) in [5.74, 6) is -0.189. The van der Waals surface area contributed by atoms with Crippen molar-refractivity contribution in [1.29, 1.82) is 0 Å². The lowest BCUT2D eigenvalue weighted by Crippen LogP contribution is -2.13. The zero-order valence-corrected chi connectivity index (χ0v) is 17.4. The average molecular weight is 419 g/mol. The number of nitrogens with one attached hydrogen (secondary N) is 1. The van der Waals surface area contributed by atoms with Crippen LogP contribution in [0, 0.1) is 0 Å². The maximum Gasteiger partial charge on any atom is 0.255 e. The van der Waals surface area contributed by atoms with Gasteiger partial charge in [0, 0.05) is 16.5 Å². The summed E-state index contributed by atoms with van der Waals surface area (Å²) in [6, 6.07) is 33.2. The van der Waals surface area contributed by atoms with Gasteiger partial charge >= 0.3 is 0 Å². The molecule has 0 atom stereocenters. The van der Waals surface area contributed by atoms with Crippen molar-refractivity contribution in [2.75, 3.05) is 11.1 Å². The van der Waals surface area contributed by atoms with Crippen molar-refractivity contribution in [2.24, 2.45) is 0 Å². The molecule has 0 radical (unpaired) electrons. The number of hydrogen-bond donors (Lipinski definition) is 2. The van der Waals surface area contributed by atoms with Crippen molar-refractivity contribution in [1.82, 2.24) is 9.78 Å². The average Bonchev–Trinajstić information content (AvgIpc) is 3.20. The van der Waals surface area contributed by atoms with Gasteiger partial charge in [0.25, 0.3) is 5.91 Å². The summed E-state index contributed by atoms with van der Waals surface area (Å²) in [6.07, 6.45) is 0. The second-order valence-electron chi connectivity index (χ2n) is 7.63. The molecule has 0 unspecified atom stereocenters. The van der Waals surface area contributed by atoms with Crippen LogP contribution in [0.4, 0.5) is 11.4 Å². The first-order valence-electron chi connectivity index (χ1n) is 10.4. The molecule has 32 heavy (non-hydrogen) atoms. The molecule has 0 aliphatic heterocycles. The van der Waals surface area contributed by atoms with Gasteiger partial charge in [0.2, 0.25) is 0 Å². The Kier molecular flexibility index (Phi) is 5.14. The molecule has 0 saturated heterocycles. The van der Waals surface area contributed by atoms with Gasteiger partial charge in [0.05, 0.1) is 23.4 Å². The number of fused-ring (bicyclic) bond motifs is 1. The molecule has 5 heteroatoms. The van der Waals surface area contributed by atoms with Crippen molar-refractivity contribution < 1.29 is 4.79 Å². The van der Waals surface area contributed by atoms with E-state index in [9.17, 15) is 4.79 Å². The minimum Gasteiger partial charge on any atom is -0.397 e. The Hall–Kier alpha value is -4.38. The van der Waals surface area contributed by atoms with E-state index in [1.165, 1.54) is 0 Å². The Morgan fingerprint density at radius 3 is 2.28 bits per heavy atom. The smallest absolute Gasteiger partial charge is 0.255 e. The third kappa shape index (κ3) is 3.84. The van der Waals surface area contributed by atoms with Crippen LogP contribution in [0.15, 0.2) is 103 Å². The highest BCUT2D eigenvalue weighted by molar-refractivity contribution is 6.05. The fraction of sp³-hybridized carbons (Fsp3) is 0.0370. The van der Waals surface area contributed by atoms with E-state index in [4.69, 9.17) is 10.8 Å². The zero-order valence-electron chi connectivity index (χ0n) is 17.4. The van der Waals surface area contributed by atoms with Crippen molar-refractivity contribution >= 4 is 28.2 Å². The second-order valence-corrected chi connectivity index (χ2v) is 7.63.